The van der Waals surface area contributed by atoms with Crippen LogP contribution in [0.5, 0.6) is 23.0 Å². The molecule has 4 heterocycles. The van der Waals surface area contributed by atoms with Gasteiger partial charge in [0.1, 0.15) is 41.8 Å². The van der Waals surface area contributed by atoms with Crippen LogP contribution in [0.1, 0.15) is 57.7 Å². The fourth-order valence-corrected chi connectivity index (χ4v) is 10.7. The van der Waals surface area contributed by atoms with Gasteiger partial charge in [0.2, 0.25) is 23.6 Å². The van der Waals surface area contributed by atoms with Gasteiger partial charge in [0.05, 0.1) is 27.1 Å². The van der Waals surface area contributed by atoms with Crippen LogP contribution in [0.2, 0.25) is 0 Å². The van der Waals surface area contributed by atoms with Gasteiger partial charge in [-0.05, 0) is 90.0 Å². The van der Waals surface area contributed by atoms with Crippen molar-refractivity contribution in [1.82, 2.24) is 30.3 Å². The van der Waals surface area contributed by atoms with E-state index >= 15 is 0 Å². The fraction of sp³-hybridized carbons (Fsp3) is 0.377. The predicted octanol–water partition coefficient (Wildman–Crippen LogP) is 8.14. The average Bonchev–Trinajstić information content (AvgIpc) is 4.06. The van der Waals surface area contributed by atoms with Crippen molar-refractivity contribution in [2.45, 2.75) is 78.1 Å². The van der Waals surface area contributed by atoms with Crippen LogP contribution in [0.4, 0.5) is 4.39 Å². The summed E-state index contributed by atoms with van der Waals surface area (Å²) in [6, 6.07) is 24.7. The van der Waals surface area contributed by atoms with Crippen LogP contribution in [0.25, 0.3) is 31.0 Å². The van der Waals surface area contributed by atoms with Gasteiger partial charge in [-0.1, -0.05) is 57.2 Å². The first-order valence-electron chi connectivity index (χ1n) is 23.6. The maximum absolute atomic E-state index is 14.1. The quantitative estimate of drug-likeness (QED) is 0.0699. The van der Waals surface area contributed by atoms with Gasteiger partial charge in [0.25, 0.3) is 0 Å². The third-order valence-electron chi connectivity index (χ3n) is 12.7. The van der Waals surface area contributed by atoms with E-state index in [9.17, 15) is 33.8 Å². The number of aliphatic hydroxyl groups is 1. The van der Waals surface area contributed by atoms with Gasteiger partial charge in [-0.25, -0.2) is 9.37 Å². The number of halogens is 1. The molecule has 0 spiro atoms. The van der Waals surface area contributed by atoms with E-state index in [1.165, 1.54) is 28.4 Å². The number of aryl methyl sites for hydroxylation is 1. The molecule has 8 rings (SSSR count). The molecule has 2 fully saturated rings. The zero-order valence-electron chi connectivity index (χ0n) is 39.8. The van der Waals surface area contributed by atoms with Crippen molar-refractivity contribution >= 4 is 56.4 Å². The van der Waals surface area contributed by atoms with Crippen LogP contribution in [0.15, 0.2) is 96.5 Å². The minimum atomic E-state index is -0.955. The van der Waals surface area contributed by atoms with E-state index < -0.39 is 29.5 Å². The monoisotopic (exact) mass is 990 g/mol. The standard InChI is InChI=1S/C53H59FN6O8S2/c1-33-48(69-32-56-33)35-10-8-34(9-11-35)30-55-51(65)43-28-39(62)31-60(43)52(66)50(53(2,3)4)57-45(63)6-5-7-46(64)59-24-22-58(23-25-59)26-27-67-40-17-19-41(20-18-40)68-47-42-21-16-38(61)29-44(42)70-49(47)36-12-14-37(54)15-13-36/h8-21,29,32,39,43,50,61-62H,5-7,22-28,30-31H2,1-4H3,(H,55,65)(H,57,63)/t39-,43+,50-/m1/s1. The molecular formula is C53H59FN6O8S2. The Bertz CT molecular complexity index is 2790. The van der Waals surface area contributed by atoms with Crippen molar-refractivity contribution < 1.29 is 43.3 Å². The summed E-state index contributed by atoms with van der Waals surface area (Å²) in [6.45, 7) is 11.3. The number of benzene rings is 4. The molecule has 4 aromatic carbocycles. The molecule has 70 heavy (non-hydrogen) atoms. The minimum absolute atomic E-state index is 0.0203. The largest absolute Gasteiger partial charge is 0.508 e. The molecule has 4 N–H and O–H groups in total. The number of likely N-dealkylation sites (tertiary alicyclic amines) is 1. The molecule has 0 aliphatic carbocycles. The van der Waals surface area contributed by atoms with Crippen LogP contribution < -0.4 is 20.1 Å². The topological polar surface area (TPSA) is 174 Å². The maximum atomic E-state index is 14.1. The van der Waals surface area contributed by atoms with Crippen LogP contribution >= 0.6 is 22.7 Å². The Kier molecular flexibility index (Phi) is 15.8. The molecule has 14 nitrogen and oxygen atoms in total. The highest BCUT2D eigenvalue weighted by Crippen LogP contribution is 2.47. The Balaban J connectivity index is 0.748. The molecule has 6 aromatic rings. The van der Waals surface area contributed by atoms with Crippen molar-refractivity contribution in [2.24, 2.45) is 5.41 Å². The van der Waals surface area contributed by atoms with Crippen molar-refractivity contribution in [3.63, 3.8) is 0 Å². The number of carbonyl (C=O) groups excluding carboxylic acids is 4. The van der Waals surface area contributed by atoms with E-state index in [-0.39, 0.29) is 61.6 Å². The van der Waals surface area contributed by atoms with Gasteiger partial charge < -0.3 is 40.1 Å². The molecular weight excluding hydrogens is 932 g/mol. The number of hydrogen-bond donors (Lipinski definition) is 4. The molecule has 2 saturated heterocycles. The summed E-state index contributed by atoms with van der Waals surface area (Å²) >= 11 is 3.03. The van der Waals surface area contributed by atoms with Gasteiger partial charge in [0.15, 0.2) is 5.75 Å². The fourth-order valence-electron chi connectivity index (χ4n) is 8.76. The highest BCUT2D eigenvalue weighted by molar-refractivity contribution is 7.22. The average molecular weight is 991 g/mol. The number of thiophene rings is 1. The lowest BCUT2D eigenvalue weighted by molar-refractivity contribution is -0.144. The highest BCUT2D eigenvalue weighted by atomic mass is 32.1. The number of phenols is 1. The molecule has 2 aliphatic heterocycles. The van der Waals surface area contributed by atoms with Crippen LogP contribution in [0.3, 0.4) is 0 Å². The normalized spacial score (nSPS) is 16.8. The molecule has 0 unspecified atom stereocenters. The van der Waals surface area contributed by atoms with E-state index in [1.807, 2.05) is 92.7 Å². The van der Waals surface area contributed by atoms with Gasteiger partial charge in [0, 0.05) is 75.2 Å². The molecule has 2 aliphatic rings. The number of phenolic OH excluding ortho intramolecular Hbond substituents is 1. The van der Waals surface area contributed by atoms with Crippen LogP contribution in [0, 0.1) is 18.2 Å². The number of carbonyl (C=O) groups is 4. The lowest BCUT2D eigenvalue weighted by atomic mass is 9.85. The third-order valence-corrected chi connectivity index (χ3v) is 14.8. The smallest absolute Gasteiger partial charge is 0.246 e. The van der Waals surface area contributed by atoms with Crippen molar-refractivity contribution in [1.29, 1.82) is 0 Å². The summed E-state index contributed by atoms with van der Waals surface area (Å²) in [5.41, 5.74) is 4.81. The van der Waals surface area contributed by atoms with Gasteiger partial charge in [-0.3, -0.25) is 24.1 Å². The van der Waals surface area contributed by atoms with E-state index in [0.717, 1.165) is 42.2 Å². The second-order valence-electron chi connectivity index (χ2n) is 18.9. The summed E-state index contributed by atoms with van der Waals surface area (Å²) in [5, 5.41) is 27.3. The van der Waals surface area contributed by atoms with E-state index in [0.29, 0.717) is 63.0 Å². The number of fused-ring (bicyclic) bond motifs is 1. The minimum Gasteiger partial charge on any atom is -0.508 e. The Morgan fingerprint density at radius 1 is 0.886 bits per heavy atom. The van der Waals surface area contributed by atoms with Crippen LogP contribution in [-0.2, 0) is 25.7 Å². The van der Waals surface area contributed by atoms with Gasteiger partial charge >= 0.3 is 0 Å². The first-order valence-corrected chi connectivity index (χ1v) is 25.3. The number of hydrogen-bond acceptors (Lipinski definition) is 12. The molecule has 4 amide bonds. The molecule has 368 valence electrons. The highest BCUT2D eigenvalue weighted by Gasteiger charge is 2.44. The summed E-state index contributed by atoms with van der Waals surface area (Å²) in [5.74, 6) is 0.528. The summed E-state index contributed by atoms with van der Waals surface area (Å²) in [7, 11) is 0. The second-order valence-corrected chi connectivity index (χ2v) is 20.8. The van der Waals surface area contributed by atoms with Gasteiger partial charge in [-0.2, -0.15) is 0 Å². The number of piperazine rings is 1. The van der Waals surface area contributed by atoms with Gasteiger partial charge in [-0.15, -0.1) is 22.7 Å². The summed E-state index contributed by atoms with van der Waals surface area (Å²) in [4.78, 5) is 65.7. The Morgan fingerprint density at radius 2 is 1.57 bits per heavy atom. The van der Waals surface area contributed by atoms with E-state index in [4.69, 9.17) is 9.47 Å². The predicted molar refractivity (Wildman–Crippen MR) is 269 cm³/mol. The lowest BCUT2D eigenvalue weighted by Gasteiger charge is -2.35. The summed E-state index contributed by atoms with van der Waals surface area (Å²) in [6.07, 6.45) is -0.227. The number of aromatic hydroxyl groups is 1. The number of aromatic nitrogens is 1. The zero-order chi connectivity index (χ0) is 49.5. The zero-order valence-corrected chi connectivity index (χ0v) is 41.4. The van der Waals surface area contributed by atoms with Crippen molar-refractivity contribution in [2.75, 3.05) is 45.9 Å². The Hall–Kier alpha value is -6.40. The molecule has 2 aromatic heterocycles. The van der Waals surface area contributed by atoms with E-state index in [1.54, 1.807) is 35.6 Å². The number of nitrogens with zero attached hydrogens (tertiary/aromatic N) is 4. The number of nitrogens with one attached hydrogen (secondary N) is 2. The Morgan fingerprint density at radius 3 is 2.26 bits per heavy atom. The summed E-state index contributed by atoms with van der Waals surface area (Å²) < 4.78 is 27.0. The first-order chi connectivity index (χ1) is 33.6. The van der Waals surface area contributed by atoms with Crippen LogP contribution in [-0.4, -0.2) is 118 Å². The lowest BCUT2D eigenvalue weighted by Crippen LogP contribution is -2.57. The maximum Gasteiger partial charge on any atom is 0.246 e. The number of amides is 4. The molecule has 0 radical (unpaired) electrons. The number of β-amino-alcohol motifs (C(OH)–C–C–N with tert-alkyl or cyclic N) is 1. The molecule has 3 atom stereocenters. The number of rotatable bonds is 17. The molecule has 0 saturated carbocycles. The third kappa shape index (κ3) is 12.3. The first kappa shape index (κ1) is 50.0. The van der Waals surface area contributed by atoms with E-state index in [2.05, 4.69) is 20.5 Å². The number of ether oxygens (including phenoxy) is 2. The second kappa shape index (κ2) is 22.1. The SMILES string of the molecule is Cc1ncsc1-c1ccc(CNC(=O)[C@@H]2C[C@@H](O)CN2C(=O)[C@@H](NC(=O)CCCC(=O)N2CCN(CCOc3ccc(Oc4c(-c5ccc(F)cc5)sc5cc(O)ccc45)cc3)CC2)C(C)(C)C)cc1. The molecule has 0 bridgehead atoms. The molecule has 17 heteroatoms. The Labute approximate surface area is 415 Å². The number of aliphatic hydroxyl groups excluding tert-OH is 1. The van der Waals surface area contributed by atoms with Crippen molar-refractivity contribution in [3.05, 3.63) is 114 Å². The number of thiazole rings is 1. The van der Waals surface area contributed by atoms with Crippen molar-refractivity contribution in [3.8, 4) is 43.9 Å².